The molecule has 1 aromatic heterocycles. The molecule has 0 bridgehead atoms. The minimum atomic E-state index is 0.373. The molecule has 0 aromatic carbocycles. The molecule has 106 valence electrons. The van der Waals surface area contributed by atoms with E-state index in [1.165, 1.54) is 18.5 Å². The van der Waals surface area contributed by atoms with Gasteiger partial charge in [0.25, 0.3) is 0 Å². The van der Waals surface area contributed by atoms with Crippen LogP contribution in [0.25, 0.3) is 0 Å². The fourth-order valence-corrected chi connectivity index (χ4v) is 2.71. The first-order valence-corrected chi connectivity index (χ1v) is 7.35. The summed E-state index contributed by atoms with van der Waals surface area (Å²) < 4.78 is 13.6. The van der Waals surface area contributed by atoms with Gasteiger partial charge in [-0.05, 0) is 30.9 Å². The Labute approximate surface area is 115 Å². The summed E-state index contributed by atoms with van der Waals surface area (Å²) in [4.78, 5) is 2.49. The van der Waals surface area contributed by atoms with E-state index in [2.05, 4.69) is 34.8 Å². The predicted molar refractivity (Wildman–Crippen MR) is 74.1 cm³/mol. The van der Waals surface area contributed by atoms with Gasteiger partial charge in [-0.15, -0.1) is 0 Å². The minimum absolute atomic E-state index is 0.373. The molecule has 0 N–H and O–H groups in total. The normalized spacial score (nSPS) is 24.8. The maximum absolute atomic E-state index is 5.77. The number of nitrogens with zero attached hydrogens (tertiary/aromatic N) is 2. The summed E-state index contributed by atoms with van der Waals surface area (Å²) in [6.45, 7) is 5.44. The van der Waals surface area contributed by atoms with Crippen LogP contribution in [0.1, 0.15) is 24.6 Å². The molecular formula is C15H24N2O2. The lowest BCUT2D eigenvalue weighted by molar-refractivity contribution is -0.0242. The molecule has 19 heavy (non-hydrogen) atoms. The second-order valence-corrected chi connectivity index (χ2v) is 5.69. The first-order valence-electron chi connectivity index (χ1n) is 7.35. The van der Waals surface area contributed by atoms with E-state index < -0.39 is 0 Å². The van der Waals surface area contributed by atoms with Crippen LogP contribution in [-0.4, -0.2) is 49.0 Å². The summed E-state index contributed by atoms with van der Waals surface area (Å²) in [6, 6.07) is 4.67. The Morgan fingerprint density at radius 2 is 2.32 bits per heavy atom. The van der Waals surface area contributed by atoms with Gasteiger partial charge in [0, 0.05) is 38.6 Å². The number of hydrogen-bond acceptors (Lipinski definition) is 3. The van der Waals surface area contributed by atoms with E-state index in [0.717, 1.165) is 45.4 Å². The van der Waals surface area contributed by atoms with Crippen LogP contribution in [0.2, 0.25) is 0 Å². The summed E-state index contributed by atoms with van der Waals surface area (Å²) in [5, 5.41) is 0. The molecule has 1 aromatic rings. The summed E-state index contributed by atoms with van der Waals surface area (Å²) >= 11 is 0. The van der Waals surface area contributed by atoms with Crippen molar-refractivity contribution in [2.24, 2.45) is 13.0 Å². The Kier molecular flexibility index (Phi) is 4.21. The molecule has 1 aliphatic carbocycles. The summed E-state index contributed by atoms with van der Waals surface area (Å²) in [6.07, 6.45) is 4.83. The summed E-state index contributed by atoms with van der Waals surface area (Å²) in [5.41, 5.74) is 1.34. The molecule has 0 spiro atoms. The maximum atomic E-state index is 5.77. The number of ether oxygens (including phenoxy) is 2. The Morgan fingerprint density at radius 1 is 1.42 bits per heavy atom. The number of aromatic nitrogens is 1. The predicted octanol–water partition coefficient (Wildman–Crippen LogP) is 1.82. The lowest BCUT2D eigenvalue weighted by Crippen LogP contribution is -2.42. The van der Waals surface area contributed by atoms with Crippen LogP contribution in [-0.2, 0) is 16.5 Å². The molecular weight excluding hydrogens is 240 g/mol. The number of morpholine rings is 1. The molecule has 3 rings (SSSR count). The van der Waals surface area contributed by atoms with E-state index in [4.69, 9.17) is 9.47 Å². The van der Waals surface area contributed by atoms with Crippen molar-refractivity contribution in [1.82, 2.24) is 9.47 Å². The standard InChI is InChI=1S/C15H24N2O2/c1-16-6-2-3-14(16)15-12-19-10-8-17(15)7-9-18-11-13-4-5-13/h2-3,6,13,15H,4-5,7-12H2,1H3. The van der Waals surface area contributed by atoms with E-state index in [9.17, 15) is 0 Å². The van der Waals surface area contributed by atoms with Crippen LogP contribution in [0.4, 0.5) is 0 Å². The zero-order valence-electron chi connectivity index (χ0n) is 11.8. The Balaban J connectivity index is 1.52. The van der Waals surface area contributed by atoms with Crippen molar-refractivity contribution in [2.75, 3.05) is 39.5 Å². The largest absolute Gasteiger partial charge is 0.380 e. The Hall–Kier alpha value is -0.840. The van der Waals surface area contributed by atoms with Gasteiger partial charge in [-0.1, -0.05) is 0 Å². The summed E-state index contributed by atoms with van der Waals surface area (Å²) in [7, 11) is 2.10. The Bertz CT molecular complexity index is 401. The van der Waals surface area contributed by atoms with Crippen molar-refractivity contribution in [1.29, 1.82) is 0 Å². The van der Waals surface area contributed by atoms with Crippen LogP contribution in [0.15, 0.2) is 18.3 Å². The third kappa shape index (κ3) is 3.38. The minimum Gasteiger partial charge on any atom is -0.380 e. The van der Waals surface area contributed by atoms with Crippen molar-refractivity contribution < 1.29 is 9.47 Å². The van der Waals surface area contributed by atoms with Gasteiger partial charge in [-0.25, -0.2) is 0 Å². The van der Waals surface area contributed by atoms with Crippen LogP contribution in [0, 0.1) is 5.92 Å². The van der Waals surface area contributed by atoms with Gasteiger partial charge >= 0.3 is 0 Å². The molecule has 1 unspecified atom stereocenters. The third-order valence-corrected chi connectivity index (χ3v) is 4.14. The molecule has 1 saturated heterocycles. The van der Waals surface area contributed by atoms with Crippen molar-refractivity contribution in [3.05, 3.63) is 24.0 Å². The fourth-order valence-electron chi connectivity index (χ4n) is 2.71. The van der Waals surface area contributed by atoms with E-state index in [-0.39, 0.29) is 0 Å². The highest BCUT2D eigenvalue weighted by atomic mass is 16.5. The lowest BCUT2D eigenvalue weighted by Gasteiger charge is -2.35. The highest BCUT2D eigenvalue weighted by Crippen LogP contribution is 2.29. The lowest BCUT2D eigenvalue weighted by atomic mass is 10.1. The second kappa shape index (κ2) is 6.07. The average Bonchev–Trinajstić information content (AvgIpc) is 3.16. The SMILES string of the molecule is Cn1cccc1C1COCCN1CCOCC1CC1. The zero-order valence-corrected chi connectivity index (χ0v) is 11.8. The molecule has 0 radical (unpaired) electrons. The van der Waals surface area contributed by atoms with Crippen LogP contribution >= 0.6 is 0 Å². The maximum Gasteiger partial charge on any atom is 0.0738 e. The first kappa shape index (κ1) is 13.2. The number of rotatable bonds is 6. The quantitative estimate of drug-likeness (QED) is 0.733. The smallest absolute Gasteiger partial charge is 0.0738 e. The van der Waals surface area contributed by atoms with Gasteiger partial charge in [-0.2, -0.15) is 0 Å². The van der Waals surface area contributed by atoms with Crippen molar-refractivity contribution in [2.45, 2.75) is 18.9 Å². The van der Waals surface area contributed by atoms with E-state index in [0.29, 0.717) is 6.04 Å². The summed E-state index contributed by atoms with van der Waals surface area (Å²) in [5.74, 6) is 0.855. The third-order valence-electron chi connectivity index (χ3n) is 4.14. The van der Waals surface area contributed by atoms with Crippen LogP contribution < -0.4 is 0 Å². The van der Waals surface area contributed by atoms with Crippen LogP contribution in [0.3, 0.4) is 0 Å². The molecule has 2 aliphatic rings. The number of hydrogen-bond donors (Lipinski definition) is 0. The van der Waals surface area contributed by atoms with Gasteiger partial charge in [0.15, 0.2) is 0 Å². The highest BCUT2D eigenvalue weighted by molar-refractivity contribution is 5.12. The zero-order chi connectivity index (χ0) is 13.1. The van der Waals surface area contributed by atoms with Gasteiger partial charge in [0.1, 0.15) is 0 Å². The van der Waals surface area contributed by atoms with Gasteiger partial charge in [-0.3, -0.25) is 4.90 Å². The topological polar surface area (TPSA) is 26.6 Å². The average molecular weight is 264 g/mol. The fraction of sp³-hybridized carbons (Fsp3) is 0.733. The van der Waals surface area contributed by atoms with Crippen molar-refractivity contribution in [3.8, 4) is 0 Å². The monoisotopic (exact) mass is 264 g/mol. The highest BCUT2D eigenvalue weighted by Gasteiger charge is 2.26. The Morgan fingerprint density at radius 3 is 3.05 bits per heavy atom. The van der Waals surface area contributed by atoms with Gasteiger partial charge < -0.3 is 14.0 Å². The molecule has 0 amide bonds. The molecule has 1 atom stereocenters. The van der Waals surface area contributed by atoms with E-state index in [1.807, 2.05) is 0 Å². The number of aryl methyl sites for hydroxylation is 1. The van der Waals surface area contributed by atoms with E-state index >= 15 is 0 Å². The first-order chi connectivity index (χ1) is 9.34. The van der Waals surface area contributed by atoms with Crippen LogP contribution in [0.5, 0.6) is 0 Å². The molecule has 2 fully saturated rings. The van der Waals surface area contributed by atoms with E-state index in [1.54, 1.807) is 0 Å². The van der Waals surface area contributed by atoms with Crippen molar-refractivity contribution >= 4 is 0 Å². The molecule has 1 aliphatic heterocycles. The van der Waals surface area contributed by atoms with Gasteiger partial charge in [0.05, 0.1) is 25.9 Å². The van der Waals surface area contributed by atoms with Crippen molar-refractivity contribution in [3.63, 3.8) is 0 Å². The second-order valence-electron chi connectivity index (χ2n) is 5.69. The molecule has 4 heteroatoms. The molecule has 1 saturated carbocycles. The molecule has 2 heterocycles. The molecule has 4 nitrogen and oxygen atoms in total. The van der Waals surface area contributed by atoms with Gasteiger partial charge in [0.2, 0.25) is 0 Å².